The molecule has 2 N–H and O–H groups in total. The van der Waals surface area contributed by atoms with Crippen molar-refractivity contribution in [3.8, 4) is 5.88 Å². The molecule has 1 atom stereocenters. The van der Waals surface area contributed by atoms with Crippen molar-refractivity contribution in [3.63, 3.8) is 0 Å². The van der Waals surface area contributed by atoms with E-state index in [9.17, 15) is 10.2 Å². The lowest BCUT2D eigenvalue weighted by atomic mass is 9.98. The lowest BCUT2D eigenvalue weighted by Gasteiger charge is -2.36. The first-order chi connectivity index (χ1) is 13.1. The summed E-state index contributed by atoms with van der Waals surface area (Å²) in [6.07, 6.45) is 3.03. The van der Waals surface area contributed by atoms with Crippen LogP contribution in [-0.4, -0.2) is 48.9 Å². The van der Waals surface area contributed by atoms with E-state index in [0.29, 0.717) is 0 Å². The van der Waals surface area contributed by atoms with Gasteiger partial charge in [0.15, 0.2) is 5.82 Å². The molecule has 1 saturated heterocycles. The van der Waals surface area contributed by atoms with E-state index >= 15 is 0 Å². The summed E-state index contributed by atoms with van der Waals surface area (Å²) in [5.41, 5.74) is 2.45. The van der Waals surface area contributed by atoms with Crippen molar-refractivity contribution in [1.29, 1.82) is 0 Å². The Labute approximate surface area is 163 Å². The topological polar surface area (TPSA) is 73.9 Å². The van der Waals surface area contributed by atoms with E-state index < -0.39 is 0 Å². The molecule has 1 unspecified atom stereocenters. The third-order valence-corrected chi connectivity index (χ3v) is 6.45. The minimum absolute atomic E-state index is 0.0537. The first kappa shape index (κ1) is 18.4. The summed E-state index contributed by atoms with van der Waals surface area (Å²) in [5.74, 6) is 0.922. The number of likely N-dealkylation sites (tertiary alicyclic amines) is 1. The van der Waals surface area contributed by atoms with Gasteiger partial charge in [0.25, 0.3) is 0 Å². The number of fused-ring (bicyclic) bond motifs is 1. The Morgan fingerprint density at radius 1 is 1.15 bits per heavy atom. The maximum Gasteiger partial charge on any atom is 0.230 e. The summed E-state index contributed by atoms with van der Waals surface area (Å²) in [6.45, 7) is 5.76. The predicted molar refractivity (Wildman–Crippen MR) is 106 cm³/mol. The molecule has 0 spiro atoms. The average Bonchev–Trinajstić information content (AvgIpc) is 3.23. The second kappa shape index (κ2) is 7.58. The van der Waals surface area contributed by atoms with Gasteiger partial charge in [-0.15, -0.1) is 5.10 Å². The minimum Gasteiger partial charge on any atom is -0.492 e. The number of aliphatic hydroxyl groups is 1. The second-order valence-corrected chi connectivity index (χ2v) is 8.14. The molecule has 1 aliphatic rings. The van der Waals surface area contributed by atoms with E-state index in [1.165, 1.54) is 16.9 Å². The Morgan fingerprint density at radius 2 is 1.85 bits per heavy atom. The number of hydrogen-bond donors (Lipinski definition) is 2. The number of piperidine rings is 1. The SMILES string of the molecule is CCc1ccc(C(c2sc3nc(CC)nn3c2O)N2CCC(O)CC2)cc1. The van der Waals surface area contributed by atoms with Crippen LogP contribution in [0.15, 0.2) is 24.3 Å². The highest BCUT2D eigenvalue weighted by atomic mass is 32.1. The summed E-state index contributed by atoms with van der Waals surface area (Å²) >= 11 is 1.50. The van der Waals surface area contributed by atoms with E-state index in [-0.39, 0.29) is 18.0 Å². The van der Waals surface area contributed by atoms with Gasteiger partial charge in [0.05, 0.1) is 17.0 Å². The lowest BCUT2D eigenvalue weighted by molar-refractivity contribution is 0.0689. The fourth-order valence-electron chi connectivity index (χ4n) is 3.73. The summed E-state index contributed by atoms with van der Waals surface area (Å²) in [7, 11) is 0. The summed E-state index contributed by atoms with van der Waals surface area (Å²) in [4.78, 5) is 8.47. The van der Waals surface area contributed by atoms with Crippen LogP contribution in [0.2, 0.25) is 0 Å². The summed E-state index contributed by atoms with van der Waals surface area (Å²) in [6, 6.07) is 8.57. The molecule has 1 aromatic carbocycles. The Kier molecular flexibility index (Phi) is 5.16. The first-order valence-electron chi connectivity index (χ1n) is 9.69. The van der Waals surface area contributed by atoms with Gasteiger partial charge in [0.1, 0.15) is 0 Å². The zero-order valence-corrected chi connectivity index (χ0v) is 16.6. The van der Waals surface area contributed by atoms with E-state index in [1.807, 2.05) is 6.92 Å². The molecule has 0 bridgehead atoms. The van der Waals surface area contributed by atoms with E-state index in [2.05, 4.69) is 46.2 Å². The number of aliphatic hydroxyl groups excluding tert-OH is 1. The van der Waals surface area contributed by atoms with Crippen LogP contribution in [0.25, 0.3) is 4.96 Å². The molecule has 27 heavy (non-hydrogen) atoms. The summed E-state index contributed by atoms with van der Waals surface area (Å²) in [5, 5.41) is 25.2. The third kappa shape index (κ3) is 3.47. The molecule has 3 heterocycles. The highest BCUT2D eigenvalue weighted by Crippen LogP contribution is 2.40. The molecule has 0 aliphatic carbocycles. The molecule has 0 saturated carbocycles. The number of rotatable bonds is 5. The number of aryl methyl sites for hydroxylation is 2. The van der Waals surface area contributed by atoms with Crippen LogP contribution in [0.1, 0.15) is 54.6 Å². The molecule has 6 nitrogen and oxygen atoms in total. The number of hydrogen-bond acceptors (Lipinski definition) is 6. The van der Waals surface area contributed by atoms with Gasteiger partial charge in [-0.25, -0.2) is 4.98 Å². The molecule has 1 fully saturated rings. The number of thiazole rings is 1. The Balaban J connectivity index is 1.77. The van der Waals surface area contributed by atoms with Gasteiger partial charge in [0.2, 0.25) is 10.8 Å². The van der Waals surface area contributed by atoms with Gasteiger partial charge in [-0.1, -0.05) is 49.4 Å². The molecule has 2 aromatic heterocycles. The van der Waals surface area contributed by atoms with Crippen molar-refractivity contribution in [2.75, 3.05) is 13.1 Å². The van der Waals surface area contributed by atoms with Crippen LogP contribution < -0.4 is 0 Å². The molecule has 1 aliphatic heterocycles. The largest absolute Gasteiger partial charge is 0.492 e. The minimum atomic E-state index is -0.229. The fourth-order valence-corrected chi connectivity index (χ4v) is 4.86. The second-order valence-electron chi connectivity index (χ2n) is 7.13. The average molecular weight is 387 g/mol. The quantitative estimate of drug-likeness (QED) is 0.705. The molecule has 144 valence electrons. The monoisotopic (exact) mass is 386 g/mol. The standard InChI is InChI=1S/C20H26N4O2S/c1-3-13-5-7-14(8-6-13)17(23-11-9-15(25)10-12-23)18-19(26)24-20(27-18)21-16(4-2)22-24/h5-8,15,17,25-26H,3-4,9-12H2,1-2H3. The highest BCUT2D eigenvalue weighted by molar-refractivity contribution is 7.17. The Bertz CT molecular complexity index is 910. The number of aromatic hydroxyl groups is 1. The number of aromatic nitrogens is 3. The molecule has 4 rings (SSSR count). The van der Waals surface area contributed by atoms with Gasteiger partial charge in [-0.3, -0.25) is 4.90 Å². The highest BCUT2D eigenvalue weighted by Gasteiger charge is 2.31. The summed E-state index contributed by atoms with van der Waals surface area (Å²) < 4.78 is 1.56. The van der Waals surface area contributed by atoms with Crippen LogP contribution >= 0.6 is 11.3 Å². The van der Waals surface area contributed by atoms with Crippen LogP contribution in [0.3, 0.4) is 0 Å². The Hall–Kier alpha value is -1.96. The van der Waals surface area contributed by atoms with Gasteiger partial charge in [-0.05, 0) is 30.4 Å². The Morgan fingerprint density at radius 3 is 2.44 bits per heavy atom. The smallest absolute Gasteiger partial charge is 0.230 e. The molecule has 3 aromatic rings. The van der Waals surface area contributed by atoms with Gasteiger partial charge in [0, 0.05) is 19.5 Å². The molecular formula is C20H26N4O2S. The predicted octanol–water partition coefficient (Wildman–Crippen LogP) is 3.17. The van der Waals surface area contributed by atoms with Crippen molar-refractivity contribution in [1.82, 2.24) is 19.5 Å². The molecule has 7 heteroatoms. The van der Waals surface area contributed by atoms with Crippen LogP contribution in [-0.2, 0) is 12.8 Å². The maximum atomic E-state index is 10.9. The van der Waals surface area contributed by atoms with E-state index in [0.717, 1.165) is 60.0 Å². The normalized spacial score (nSPS) is 17.6. The zero-order chi connectivity index (χ0) is 19.0. The maximum absolute atomic E-state index is 10.9. The van der Waals surface area contributed by atoms with Crippen molar-refractivity contribution in [2.24, 2.45) is 0 Å². The van der Waals surface area contributed by atoms with Crippen LogP contribution in [0.4, 0.5) is 0 Å². The van der Waals surface area contributed by atoms with Crippen molar-refractivity contribution >= 4 is 16.3 Å². The van der Waals surface area contributed by atoms with Crippen molar-refractivity contribution in [3.05, 3.63) is 46.1 Å². The van der Waals surface area contributed by atoms with E-state index in [4.69, 9.17) is 0 Å². The molecular weight excluding hydrogens is 360 g/mol. The number of nitrogens with zero attached hydrogens (tertiary/aromatic N) is 4. The lowest BCUT2D eigenvalue weighted by Crippen LogP contribution is -2.38. The fraction of sp³-hybridized carbons (Fsp3) is 0.500. The van der Waals surface area contributed by atoms with Crippen LogP contribution in [0.5, 0.6) is 5.88 Å². The molecule has 0 amide bonds. The van der Waals surface area contributed by atoms with Crippen molar-refractivity contribution in [2.45, 2.75) is 51.7 Å². The van der Waals surface area contributed by atoms with E-state index in [1.54, 1.807) is 4.52 Å². The van der Waals surface area contributed by atoms with Gasteiger partial charge >= 0.3 is 0 Å². The third-order valence-electron chi connectivity index (χ3n) is 5.38. The van der Waals surface area contributed by atoms with Gasteiger partial charge < -0.3 is 10.2 Å². The van der Waals surface area contributed by atoms with Crippen LogP contribution in [0, 0.1) is 0 Å². The molecule has 0 radical (unpaired) electrons. The number of benzene rings is 1. The first-order valence-corrected chi connectivity index (χ1v) is 10.5. The van der Waals surface area contributed by atoms with Gasteiger partial charge in [-0.2, -0.15) is 4.52 Å². The zero-order valence-electron chi connectivity index (χ0n) is 15.8. The van der Waals surface area contributed by atoms with Crippen molar-refractivity contribution < 1.29 is 10.2 Å².